The predicted octanol–water partition coefficient (Wildman–Crippen LogP) is 3.55. The maximum absolute atomic E-state index is 12.6. The normalized spacial score (nSPS) is 17.3. The molecule has 0 unspecified atom stereocenters. The number of benzene rings is 2. The Bertz CT molecular complexity index is 756. The highest BCUT2D eigenvalue weighted by molar-refractivity contribution is 7.89. The molecule has 2 aromatic rings. The molecule has 112 valence electrons. The van der Waals surface area contributed by atoms with Crippen molar-refractivity contribution in [1.82, 2.24) is 4.72 Å². The lowest BCUT2D eigenvalue weighted by atomic mass is 9.93. The summed E-state index contributed by atoms with van der Waals surface area (Å²) in [5, 5.41) is 1.73. The van der Waals surface area contributed by atoms with Crippen LogP contribution in [0.1, 0.15) is 26.7 Å². The summed E-state index contributed by atoms with van der Waals surface area (Å²) in [6.07, 6.45) is 2.23. The summed E-state index contributed by atoms with van der Waals surface area (Å²) in [6.45, 7) is 4.87. The van der Waals surface area contributed by atoms with Crippen LogP contribution in [0.25, 0.3) is 10.8 Å². The summed E-state index contributed by atoms with van der Waals surface area (Å²) in [4.78, 5) is 0.375. The van der Waals surface area contributed by atoms with Gasteiger partial charge in [0.15, 0.2) is 0 Å². The molecule has 2 aromatic carbocycles. The molecule has 1 aliphatic rings. The molecule has 0 aliphatic heterocycles. The second-order valence-corrected chi connectivity index (χ2v) is 8.05. The Balaban J connectivity index is 1.91. The molecule has 1 fully saturated rings. The molecule has 0 atom stereocenters. The van der Waals surface area contributed by atoms with E-state index >= 15 is 0 Å². The fraction of sp³-hybridized carbons (Fsp3) is 0.412. The molecule has 3 nitrogen and oxygen atoms in total. The highest BCUT2D eigenvalue weighted by Crippen LogP contribution is 2.51. The molecule has 1 aliphatic carbocycles. The van der Waals surface area contributed by atoms with Crippen molar-refractivity contribution in [1.29, 1.82) is 0 Å². The van der Waals surface area contributed by atoms with Crippen LogP contribution in [-0.2, 0) is 10.0 Å². The highest BCUT2D eigenvalue weighted by atomic mass is 32.2. The first-order valence-corrected chi connectivity index (χ1v) is 8.90. The van der Waals surface area contributed by atoms with E-state index in [4.69, 9.17) is 0 Å². The quantitative estimate of drug-likeness (QED) is 0.918. The number of rotatable bonds is 5. The van der Waals surface area contributed by atoms with Crippen molar-refractivity contribution in [2.45, 2.75) is 31.6 Å². The predicted molar refractivity (Wildman–Crippen MR) is 85.6 cm³/mol. The van der Waals surface area contributed by atoms with Crippen molar-refractivity contribution >= 4 is 20.8 Å². The molecule has 0 spiro atoms. The lowest BCUT2D eigenvalue weighted by molar-refractivity contribution is 0.357. The lowest BCUT2D eigenvalue weighted by Crippen LogP contribution is -2.32. The van der Waals surface area contributed by atoms with Crippen LogP contribution in [0.15, 0.2) is 47.4 Å². The van der Waals surface area contributed by atoms with Crippen molar-refractivity contribution in [3.05, 3.63) is 42.5 Å². The van der Waals surface area contributed by atoms with Crippen molar-refractivity contribution < 1.29 is 8.42 Å². The average Bonchev–Trinajstić information content (AvgIpc) is 3.26. The third-order valence-electron chi connectivity index (χ3n) is 4.77. The zero-order valence-electron chi connectivity index (χ0n) is 12.5. The topological polar surface area (TPSA) is 46.2 Å². The molecule has 0 aromatic heterocycles. The van der Waals surface area contributed by atoms with Gasteiger partial charge in [-0.05, 0) is 35.6 Å². The Hall–Kier alpha value is -1.39. The highest BCUT2D eigenvalue weighted by Gasteiger charge is 2.45. The summed E-state index contributed by atoms with van der Waals surface area (Å²) in [5.74, 6) is 0.507. The van der Waals surface area contributed by atoms with Crippen LogP contribution in [0.4, 0.5) is 0 Å². The third-order valence-corrected chi connectivity index (χ3v) is 6.23. The van der Waals surface area contributed by atoms with Crippen LogP contribution in [0.2, 0.25) is 0 Å². The van der Waals surface area contributed by atoms with Crippen LogP contribution >= 0.6 is 0 Å². The molecule has 1 N–H and O–H groups in total. The minimum Gasteiger partial charge on any atom is -0.211 e. The molecule has 0 saturated heterocycles. The van der Waals surface area contributed by atoms with Gasteiger partial charge in [0.2, 0.25) is 10.0 Å². The van der Waals surface area contributed by atoms with E-state index in [1.54, 1.807) is 12.1 Å². The van der Waals surface area contributed by atoms with E-state index in [0.717, 1.165) is 23.6 Å². The molecular weight excluding hydrogens is 282 g/mol. The van der Waals surface area contributed by atoms with Gasteiger partial charge in [-0.3, -0.25) is 0 Å². The number of fused-ring (bicyclic) bond motifs is 1. The van der Waals surface area contributed by atoms with E-state index in [0.29, 0.717) is 17.4 Å². The number of nitrogens with one attached hydrogen (secondary N) is 1. The molecule has 0 radical (unpaired) electrons. The van der Waals surface area contributed by atoms with Crippen LogP contribution in [0.5, 0.6) is 0 Å². The molecule has 21 heavy (non-hydrogen) atoms. The minimum atomic E-state index is -3.46. The Morgan fingerprint density at radius 1 is 1.10 bits per heavy atom. The monoisotopic (exact) mass is 303 g/mol. The summed E-state index contributed by atoms with van der Waals surface area (Å²) in [7, 11) is -3.46. The van der Waals surface area contributed by atoms with E-state index < -0.39 is 10.0 Å². The summed E-state index contributed by atoms with van der Waals surface area (Å²) < 4.78 is 28.1. The van der Waals surface area contributed by atoms with Gasteiger partial charge in [0, 0.05) is 11.9 Å². The first-order valence-electron chi connectivity index (χ1n) is 7.42. The zero-order valence-corrected chi connectivity index (χ0v) is 13.3. The van der Waals surface area contributed by atoms with Crippen LogP contribution < -0.4 is 4.72 Å². The second kappa shape index (κ2) is 5.11. The van der Waals surface area contributed by atoms with Gasteiger partial charge in [0.1, 0.15) is 0 Å². The maximum Gasteiger partial charge on any atom is 0.241 e. The minimum absolute atomic E-state index is 0.164. The molecular formula is C17H21NO2S. The van der Waals surface area contributed by atoms with Gasteiger partial charge in [0.25, 0.3) is 0 Å². The first kappa shape index (κ1) is 14.5. The Kier molecular flexibility index (Phi) is 3.54. The van der Waals surface area contributed by atoms with Crippen molar-refractivity contribution in [2.24, 2.45) is 11.3 Å². The SMILES string of the molecule is CC(C)C1(CNS(=O)(=O)c2cccc3ccccc23)CC1. The molecule has 1 saturated carbocycles. The standard InChI is InChI=1S/C17H21NO2S/c1-13(2)17(10-11-17)12-18-21(19,20)16-9-5-7-14-6-3-4-8-15(14)16/h3-9,13,18H,10-12H2,1-2H3. The molecule has 4 heteroatoms. The third kappa shape index (κ3) is 2.70. The van der Waals surface area contributed by atoms with Crippen molar-refractivity contribution in [3.63, 3.8) is 0 Å². The van der Waals surface area contributed by atoms with Crippen LogP contribution in [-0.4, -0.2) is 15.0 Å². The van der Waals surface area contributed by atoms with E-state index in [9.17, 15) is 8.42 Å². The molecule has 0 amide bonds. The smallest absolute Gasteiger partial charge is 0.211 e. The van der Waals surface area contributed by atoms with Gasteiger partial charge in [-0.25, -0.2) is 13.1 Å². The summed E-state index contributed by atoms with van der Waals surface area (Å²) >= 11 is 0. The Labute approximate surface area is 126 Å². The van der Waals surface area contributed by atoms with E-state index in [1.165, 1.54) is 0 Å². The number of hydrogen-bond donors (Lipinski definition) is 1. The summed E-state index contributed by atoms with van der Waals surface area (Å²) in [5.41, 5.74) is 0.164. The fourth-order valence-electron chi connectivity index (χ4n) is 2.87. The Morgan fingerprint density at radius 2 is 1.76 bits per heavy atom. The van der Waals surface area contributed by atoms with Gasteiger partial charge < -0.3 is 0 Å². The number of hydrogen-bond acceptors (Lipinski definition) is 2. The average molecular weight is 303 g/mol. The zero-order chi connectivity index (χ0) is 15.1. The van der Waals surface area contributed by atoms with Gasteiger partial charge in [-0.2, -0.15) is 0 Å². The largest absolute Gasteiger partial charge is 0.241 e. The first-order chi connectivity index (χ1) is 9.95. The molecule has 0 bridgehead atoms. The molecule has 3 rings (SSSR count). The second-order valence-electron chi connectivity index (χ2n) is 6.32. The van der Waals surface area contributed by atoms with Gasteiger partial charge in [-0.15, -0.1) is 0 Å². The van der Waals surface area contributed by atoms with Gasteiger partial charge in [-0.1, -0.05) is 50.2 Å². The van der Waals surface area contributed by atoms with Crippen molar-refractivity contribution in [2.75, 3.05) is 6.54 Å². The summed E-state index contributed by atoms with van der Waals surface area (Å²) in [6, 6.07) is 13.0. The Morgan fingerprint density at radius 3 is 2.43 bits per heavy atom. The fourth-order valence-corrected chi connectivity index (χ4v) is 4.23. The van der Waals surface area contributed by atoms with E-state index in [-0.39, 0.29) is 5.41 Å². The lowest BCUT2D eigenvalue weighted by Gasteiger charge is -2.20. The van der Waals surface area contributed by atoms with Crippen LogP contribution in [0.3, 0.4) is 0 Å². The van der Waals surface area contributed by atoms with Gasteiger partial charge in [0.05, 0.1) is 4.90 Å². The maximum atomic E-state index is 12.6. The van der Waals surface area contributed by atoms with Crippen molar-refractivity contribution in [3.8, 4) is 0 Å². The van der Waals surface area contributed by atoms with Gasteiger partial charge >= 0.3 is 0 Å². The molecule has 0 heterocycles. The van der Waals surface area contributed by atoms with E-state index in [2.05, 4.69) is 18.6 Å². The van der Waals surface area contributed by atoms with Crippen LogP contribution in [0, 0.1) is 11.3 Å². The van der Waals surface area contributed by atoms with E-state index in [1.807, 2.05) is 30.3 Å². The number of sulfonamides is 1.